The summed E-state index contributed by atoms with van der Waals surface area (Å²) in [5.74, 6) is -0.919. The summed E-state index contributed by atoms with van der Waals surface area (Å²) in [6, 6.07) is 6.30. The number of likely N-dealkylation sites (tertiary alicyclic amines) is 1. The van der Waals surface area contributed by atoms with E-state index in [0.29, 0.717) is 42.8 Å². The highest BCUT2D eigenvalue weighted by molar-refractivity contribution is 6.31. The van der Waals surface area contributed by atoms with Gasteiger partial charge in [-0.05, 0) is 38.2 Å². The maximum atomic E-state index is 13.0. The average Bonchev–Trinajstić information content (AvgIpc) is 3.24. The topological polar surface area (TPSA) is 93.2 Å². The number of carbonyl (C=O) groups excluding carboxylic acids is 4. The van der Waals surface area contributed by atoms with E-state index in [1.54, 1.807) is 24.3 Å². The lowest BCUT2D eigenvalue weighted by molar-refractivity contribution is -0.161. The smallest absolute Gasteiger partial charge is 0.413 e. The van der Waals surface area contributed by atoms with Crippen molar-refractivity contribution in [1.29, 1.82) is 0 Å². The molecule has 2 aliphatic rings. The minimum Gasteiger partial charge on any atom is -0.426 e. The molecule has 0 aromatic heterocycles. The first-order chi connectivity index (χ1) is 14.8. The molecule has 1 aliphatic carbocycles. The van der Waals surface area contributed by atoms with Gasteiger partial charge in [-0.25, -0.2) is 9.59 Å². The molecule has 8 nitrogen and oxygen atoms in total. The van der Waals surface area contributed by atoms with Crippen LogP contribution in [0, 0.1) is 0 Å². The molecule has 168 valence electrons. The predicted molar refractivity (Wildman–Crippen MR) is 112 cm³/mol. The number of halogens is 1. The van der Waals surface area contributed by atoms with Gasteiger partial charge in [0.1, 0.15) is 11.6 Å². The number of benzene rings is 1. The molecule has 0 bridgehead atoms. The van der Waals surface area contributed by atoms with Crippen LogP contribution in [0.4, 0.5) is 4.79 Å². The first kappa shape index (κ1) is 23.1. The summed E-state index contributed by atoms with van der Waals surface area (Å²) in [5.41, 5.74) is -0.671. The number of Topliss-reactive ketones (excluding diaryl/α,β-unsaturated/α-hetero) is 1. The number of nitrogens with zero attached hydrogens (tertiary/aromatic N) is 2. The molecule has 31 heavy (non-hydrogen) atoms. The molecule has 1 saturated carbocycles. The minimum absolute atomic E-state index is 0.105. The number of likely N-dealkylation sites (N-methyl/N-ethyl adjacent to an activating group) is 1. The number of esters is 1. The van der Waals surface area contributed by atoms with Gasteiger partial charge in [0.25, 0.3) is 0 Å². The number of rotatable bonds is 5. The molecule has 1 aliphatic heterocycles. The third kappa shape index (κ3) is 4.54. The summed E-state index contributed by atoms with van der Waals surface area (Å²) in [6.45, 7) is 1.30. The van der Waals surface area contributed by atoms with Crippen molar-refractivity contribution >= 4 is 35.4 Å². The Morgan fingerprint density at radius 2 is 1.94 bits per heavy atom. The van der Waals surface area contributed by atoms with E-state index in [1.165, 1.54) is 23.8 Å². The van der Waals surface area contributed by atoms with Gasteiger partial charge >= 0.3 is 12.1 Å². The van der Waals surface area contributed by atoms with Gasteiger partial charge in [0, 0.05) is 37.5 Å². The van der Waals surface area contributed by atoms with Gasteiger partial charge in [0.15, 0.2) is 5.78 Å². The second-order valence-corrected chi connectivity index (χ2v) is 8.30. The van der Waals surface area contributed by atoms with Crippen LogP contribution in [0.3, 0.4) is 0 Å². The van der Waals surface area contributed by atoms with Gasteiger partial charge in [0.2, 0.25) is 12.7 Å². The highest BCUT2D eigenvalue weighted by atomic mass is 35.5. The summed E-state index contributed by atoms with van der Waals surface area (Å²) < 4.78 is 10.3. The maximum Gasteiger partial charge on any atom is 0.413 e. The molecule has 2 amide bonds. The monoisotopic (exact) mass is 450 g/mol. The van der Waals surface area contributed by atoms with Crippen LogP contribution >= 0.6 is 11.6 Å². The maximum absolute atomic E-state index is 13.0. The average molecular weight is 451 g/mol. The molecule has 9 heteroatoms. The van der Waals surface area contributed by atoms with Crippen LogP contribution in [0.2, 0.25) is 5.02 Å². The number of hydrogen-bond donors (Lipinski definition) is 0. The van der Waals surface area contributed by atoms with Gasteiger partial charge in [-0.3, -0.25) is 14.5 Å². The summed E-state index contributed by atoms with van der Waals surface area (Å²) >= 11 is 6.39. The van der Waals surface area contributed by atoms with Crippen LogP contribution in [-0.2, 0) is 29.4 Å². The summed E-state index contributed by atoms with van der Waals surface area (Å²) in [6.07, 6.45) is 2.70. The first-order valence-corrected chi connectivity index (χ1v) is 10.8. The number of carbonyl (C=O) groups is 4. The van der Waals surface area contributed by atoms with E-state index in [0.717, 1.165) is 12.8 Å². The number of hydrogen-bond acceptors (Lipinski definition) is 6. The molecule has 1 saturated heterocycles. The molecular formula is C22H27ClN2O6. The van der Waals surface area contributed by atoms with Crippen LogP contribution in [0.1, 0.15) is 51.0 Å². The second kappa shape index (κ2) is 9.68. The van der Waals surface area contributed by atoms with Crippen LogP contribution in [-0.4, -0.2) is 60.0 Å². The van der Waals surface area contributed by atoms with Crippen LogP contribution in [0.15, 0.2) is 24.3 Å². The molecule has 1 unspecified atom stereocenters. The van der Waals surface area contributed by atoms with E-state index in [2.05, 4.69) is 0 Å². The summed E-state index contributed by atoms with van der Waals surface area (Å²) in [5, 5.41) is 0.398. The van der Waals surface area contributed by atoms with Gasteiger partial charge in [-0.1, -0.05) is 29.8 Å². The van der Waals surface area contributed by atoms with E-state index in [-0.39, 0.29) is 11.7 Å². The zero-order valence-corrected chi connectivity index (χ0v) is 18.5. The Labute approximate surface area is 186 Å². The molecule has 1 heterocycles. The van der Waals surface area contributed by atoms with Crippen molar-refractivity contribution in [1.82, 2.24) is 9.80 Å². The first-order valence-electron chi connectivity index (χ1n) is 10.4. The highest BCUT2D eigenvalue weighted by Gasteiger charge is 2.48. The fourth-order valence-corrected chi connectivity index (χ4v) is 4.80. The standard InChI is InChI=1S/C22H27ClN2O6/c1-15(26)25-13-7-10-18(25)20(28)30-14-31-21(29)24(2)22(12-6-5-11-19(22)27)16-8-3-4-9-17(16)23/h3-4,8-9,18H,5-7,10-14H2,1-2H3/t18?,22-/m0/s1. The number of amides is 2. The lowest BCUT2D eigenvalue weighted by Crippen LogP contribution is -2.54. The van der Waals surface area contributed by atoms with Crippen molar-refractivity contribution in [3.63, 3.8) is 0 Å². The minimum atomic E-state index is -1.23. The largest absolute Gasteiger partial charge is 0.426 e. The van der Waals surface area contributed by atoms with E-state index in [9.17, 15) is 19.2 Å². The van der Waals surface area contributed by atoms with Crippen molar-refractivity contribution in [2.24, 2.45) is 0 Å². The Morgan fingerprint density at radius 1 is 1.19 bits per heavy atom. The molecule has 1 aromatic rings. The second-order valence-electron chi connectivity index (χ2n) is 7.89. The fraction of sp³-hybridized carbons (Fsp3) is 0.545. The van der Waals surface area contributed by atoms with Crippen molar-refractivity contribution in [2.45, 2.75) is 57.0 Å². The van der Waals surface area contributed by atoms with E-state index >= 15 is 0 Å². The predicted octanol–water partition coefficient (Wildman–Crippen LogP) is 3.26. The van der Waals surface area contributed by atoms with Crippen molar-refractivity contribution in [3.05, 3.63) is 34.9 Å². The summed E-state index contributed by atoms with van der Waals surface area (Å²) in [4.78, 5) is 52.5. The third-order valence-corrected chi connectivity index (χ3v) is 6.46. The number of ketones is 1. The van der Waals surface area contributed by atoms with Gasteiger partial charge in [-0.2, -0.15) is 0 Å². The Bertz CT molecular complexity index is 875. The fourth-order valence-electron chi connectivity index (χ4n) is 4.50. The Kier molecular flexibility index (Phi) is 7.20. The van der Waals surface area contributed by atoms with Crippen molar-refractivity contribution in [3.8, 4) is 0 Å². The van der Waals surface area contributed by atoms with Crippen LogP contribution in [0.5, 0.6) is 0 Å². The molecule has 3 rings (SSSR count). The lowest BCUT2D eigenvalue weighted by Gasteiger charge is -2.43. The third-order valence-electron chi connectivity index (χ3n) is 6.13. The Balaban J connectivity index is 1.68. The molecule has 0 spiro atoms. The molecule has 1 aromatic carbocycles. The summed E-state index contributed by atoms with van der Waals surface area (Å²) in [7, 11) is 1.49. The normalized spacial score (nSPS) is 23.4. The Morgan fingerprint density at radius 3 is 2.61 bits per heavy atom. The molecular weight excluding hydrogens is 424 g/mol. The number of ether oxygens (including phenoxy) is 2. The van der Waals surface area contributed by atoms with Gasteiger partial charge in [0.05, 0.1) is 0 Å². The van der Waals surface area contributed by atoms with Crippen molar-refractivity contribution < 1.29 is 28.7 Å². The van der Waals surface area contributed by atoms with Crippen LogP contribution < -0.4 is 0 Å². The van der Waals surface area contributed by atoms with Crippen LogP contribution in [0.25, 0.3) is 0 Å². The van der Waals surface area contributed by atoms with Gasteiger partial charge < -0.3 is 14.4 Å². The SMILES string of the molecule is CC(=O)N1CCCC1C(=O)OCOC(=O)N(C)[C@]1(c2ccccc2Cl)CCCCC1=O. The molecule has 2 atom stereocenters. The zero-order chi connectivity index (χ0) is 22.6. The lowest BCUT2D eigenvalue weighted by atomic mass is 9.74. The molecule has 0 N–H and O–H groups in total. The molecule has 0 radical (unpaired) electrons. The van der Waals surface area contributed by atoms with Crippen molar-refractivity contribution in [2.75, 3.05) is 20.4 Å². The Hall–Kier alpha value is -2.61. The molecule has 2 fully saturated rings. The zero-order valence-electron chi connectivity index (χ0n) is 17.8. The quantitative estimate of drug-likeness (QED) is 0.505. The van der Waals surface area contributed by atoms with E-state index in [1.807, 2.05) is 0 Å². The van der Waals surface area contributed by atoms with E-state index in [4.69, 9.17) is 21.1 Å². The van der Waals surface area contributed by atoms with E-state index < -0.39 is 30.4 Å². The highest BCUT2D eigenvalue weighted by Crippen LogP contribution is 2.42. The van der Waals surface area contributed by atoms with Gasteiger partial charge in [-0.15, -0.1) is 0 Å².